The van der Waals surface area contributed by atoms with E-state index in [1.807, 2.05) is 97.9 Å². The third-order valence-corrected chi connectivity index (χ3v) is 13.3. The quantitative estimate of drug-likeness (QED) is 0.00588. The summed E-state index contributed by atoms with van der Waals surface area (Å²) in [6, 6.07) is 39.0. The van der Waals surface area contributed by atoms with Crippen LogP contribution in [0, 0.1) is 5.92 Å². The fourth-order valence-electron chi connectivity index (χ4n) is 7.94. The van der Waals surface area contributed by atoms with Crippen molar-refractivity contribution in [3.05, 3.63) is 167 Å². The number of carboxylic acid groups (broad SMARTS) is 1. The molecule has 5 aromatic rings. The molecule has 0 heterocycles. The lowest BCUT2D eigenvalue weighted by atomic mass is 10.0. The van der Waals surface area contributed by atoms with Crippen molar-refractivity contribution >= 4 is 109 Å². The summed E-state index contributed by atoms with van der Waals surface area (Å²) >= 11 is 0. The second-order valence-corrected chi connectivity index (χ2v) is 22.0. The molecule has 17 N–H and O–H groups in total. The number of alkyl carbamates (subject to hydrolysis) is 3. The Balaban J connectivity index is -0.000000666. The molecule has 5 rings (SSSR count). The smallest absolute Gasteiger partial charge is 0.407 e. The molecule has 108 heavy (non-hydrogen) atoms. The zero-order valence-corrected chi connectivity index (χ0v) is 64.6. The van der Waals surface area contributed by atoms with Gasteiger partial charge in [-0.1, -0.05) is 104 Å². The number of nitrogens with two attached hydrogens (primary N) is 5. The molecule has 0 aliphatic rings. The molecule has 5 aromatic carbocycles. The average molecular weight is 1590 g/mol. The summed E-state index contributed by atoms with van der Waals surface area (Å²) in [5, 5.41) is 34.8. The third-order valence-electron chi connectivity index (χ3n) is 13.3. The Morgan fingerprint density at radius 1 is 0.426 bits per heavy atom. The number of amides is 4. The minimum Gasteiger partial charge on any atom is -0.478 e. The number of nitrogens with zero attached hydrogens (tertiary/aromatic N) is 2. The molecule has 4 amide bonds. The van der Waals surface area contributed by atoms with Crippen LogP contribution in [0.2, 0.25) is 0 Å². The Kier molecular flexibility index (Phi) is 68.3. The van der Waals surface area contributed by atoms with Gasteiger partial charge in [0.1, 0.15) is 51.7 Å². The molecule has 0 radical (unpaired) electrons. The highest BCUT2D eigenvalue weighted by Crippen LogP contribution is 2.16. The van der Waals surface area contributed by atoms with Crippen LogP contribution in [0.4, 0.5) is 25.8 Å². The summed E-state index contributed by atoms with van der Waals surface area (Å²) in [6.45, 7) is 7.96. The van der Waals surface area contributed by atoms with Crippen LogP contribution in [0.3, 0.4) is 0 Å². The van der Waals surface area contributed by atoms with Gasteiger partial charge in [0.05, 0.1) is 55.9 Å². The monoisotopic (exact) mass is 1580 g/mol. The van der Waals surface area contributed by atoms with Gasteiger partial charge in [0.15, 0.2) is 11.9 Å². The summed E-state index contributed by atoms with van der Waals surface area (Å²) < 4.78 is 49.5. The molecular formula is C73H112Cl3N11O21. The van der Waals surface area contributed by atoms with E-state index < -0.39 is 54.2 Å². The van der Waals surface area contributed by atoms with Crippen LogP contribution in [-0.2, 0) is 81.6 Å². The van der Waals surface area contributed by atoms with E-state index >= 15 is 0 Å². The van der Waals surface area contributed by atoms with Crippen molar-refractivity contribution in [1.29, 1.82) is 0 Å². The second kappa shape index (κ2) is 70.4. The van der Waals surface area contributed by atoms with E-state index in [9.17, 15) is 38.4 Å². The van der Waals surface area contributed by atoms with Crippen LogP contribution >= 0.6 is 37.2 Å². The summed E-state index contributed by atoms with van der Waals surface area (Å²) in [6.07, 6.45) is 4.32. The van der Waals surface area contributed by atoms with Gasteiger partial charge in [-0.05, 0) is 124 Å². The number of unbranched alkanes of at least 4 members (excludes halogenated alkanes) is 3. The summed E-state index contributed by atoms with van der Waals surface area (Å²) in [5.41, 5.74) is 31.0. The van der Waals surface area contributed by atoms with E-state index in [4.69, 9.17) is 86.6 Å². The SMILES string of the molecule is CCO.COCCO.COCCOC(=O)[C@@H](C)CCCCNC(=O)OCc1ccccc1.COCCOC(=O)[C@@H](N)CCCCNC(=O)OCc1ccccc1.COCCOC(=O)[C@H](CCCCNC(=O)OCc1ccccc1)NC(=O)c1ccc(N=C(N)N)cc1.Cl.Cl.Cl.NC(N)=Nc1ccc(C(=O)O)cc1. The zero-order valence-electron chi connectivity index (χ0n) is 62.2. The van der Waals surface area contributed by atoms with Crippen LogP contribution in [0.5, 0.6) is 0 Å². The fraction of sp³-hybridized carbons (Fsp3) is 0.452. The van der Waals surface area contributed by atoms with Crippen molar-refractivity contribution in [2.45, 2.75) is 104 Å². The lowest BCUT2D eigenvalue weighted by Crippen LogP contribution is -2.42. The number of benzene rings is 5. The molecule has 0 aliphatic heterocycles. The first kappa shape index (κ1) is 105. The molecule has 606 valence electrons. The number of rotatable bonds is 40. The molecule has 0 unspecified atom stereocenters. The standard InChI is InChI=1S/C25H33N5O6.C18H27NO5.C17H26N2O5.C8H9N3O2.C3H8O2.C2H6O.3ClH/c1-34-15-16-35-23(32)21(30-22(31)19-10-12-20(13-11-19)29-24(26)27)9-5-6-14-28-25(33)36-17-18-7-3-2-4-8-18;1-15(17(20)23-13-12-22-2)8-6-7-11-19-18(21)24-14-16-9-4-3-5-10-16;1-22-11-12-23-16(20)15(18)9-5-6-10-19-17(21)24-13-14-7-3-2-4-8-14;9-8(10)11-6-3-1-5(2-4-6)7(12)13;1-5-3-2-4;1-2-3;;;/h2-4,7-8,10-13,21H,5-6,9,14-17H2,1H3,(H,28,33)(H,30,31)(H4,26,27,29);3-5,9-10,15H,6-8,11-14H2,1-2H3,(H,19,21);2-4,7-8,15H,5-6,9-13,18H2,1H3,(H,19,21);1-4H,(H,12,13)(H4,9,10,11);4H,2-3H2,1H3;3H,2H2,1H3;3*1H/t21-;2*15-;;;;;;/m000....../s1. The number of carbonyl (C=O) groups is 8. The van der Waals surface area contributed by atoms with Crippen molar-refractivity contribution in [3.63, 3.8) is 0 Å². The molecule has 32 nitrogen and oxygen atoms in total. The van der Waals surface area contributed by atoms with Gasteiger partial charge in [-0.25, -0.2) is 34.0 Å². The number of halogens is 3. The first-order valence-electron chi connectivity index (χ1n) is 33.8. The molecular weight excluding hydrogens is 1470 g/mol. The van der Waals surface area contributed by atoms with Gasteiger partial charge in [0.2, 0.25) is 0 Å². The molecule has 0 aromatic heterocycles. The van der Waals surface area contributed by atoms with Gasteiger partial charge >= 0.3 is 42.2 Å². The van der Waals surface area contributed by atoms with Crippen LogP contribution in [-0.4, -0.2) is 195 Å². The van der Waals surface area contributed by atoms with E-state index in [0.29, 0.717) is 94.9 Å². The maximum absolute atomic E-state index is 12.7. The van der Waals surface area contributed by atoms with E-state index in [1.54, 1.807) is 45.4 Å². The number of aliphatic hydroxyl groups excluding tert-OH is 2. The van der Waals surface area contributed by atoms with Crippen LogP contribution in [0.15, 0.2) is 150 Å². The molecule has 0 fully saturated rings. The molecule has 35 heteroatoms. The number of aliphatic hydroxyl groups is 2. The summed E-state index contributed by atoms with van der Waals surface area (Å²) in [7, 11) is 6.15. The van der Waals surface area contributed by atoms with Crippen LogP contribution < -0.4 is 49.9 Å². The lowest BCUT2D eigenvalue weighted by molar-refractivity contribution is -0.149. The number of hydrogen-bond donors (Lipinski definition) is 12. The maximum Gasteiger partial charge on any atom is 0.407 e. The Hall–Kier alpha value is -9.61. The van der Waals surface area contributed by atoms with Crippen molar-refractivity contribution in [3.8, 4) is 0 Å². The molecule has 0 spiro atoms. The maximum atomic E-state index is 12.7. The third kappa shape index (κ3) is 58.6. The molecule has 3 atom stereocenters. The molecule has 0 bridgehead atoms. The Morgan fingerprint density at radius 3 is 1.09 bits per heavy atom. The van der Waals surface area contributed by atoms with Crippen molar-refractivity contribution in [2.75, 3.05) is 108 Å². The van der Waals surface area contributed by atoms with Crippen molar-refractivity contribution in [1.82, 2.24) is 21.3 Å². The number of aromatic carboxylic acids is 1. The van der Waals surface area contributed by atoms with Gasteiger partial charge < -0.3 is 113 Å². The second-order valence-electron chi connectivity index (χ2n) is 22.0. The fourth-order valence-corrected chi connectivity index (χ4v) is 7.94. The summed E-state index contributed by atoms with van der Waals surface area (Å²) in [4.78, 5) is 101. The highest BCUT2D eigenvalue weighted by molar-refractivity contribution is 5.97. The number of aliphatic imine (C=N–C) groups is 2. The number of nitrogens with one attached hydrogen (secondary N) is 4. The average Bonchev–Trinajstić information content (AvgIpc) is 0.876. The van der Waals surface area contributed by atoms with Gasteiger partial charge in [0.25, 0.3) is 5.91 Å². The first-order chi connectivity index (χ1) is 50.6. The van der Waals surface area contributed by atoms with Crippen molar-refractivity contribution < 1.29 is 101 Å². The zero-order chi connectivity index (χ0) is 78.1. The topological polar surface area (TPSA) is 492 Å². The van der Waals surface area contributed by atoms with E-state index in [-0.39, 0.29) is 126 Å². The highest BCUT2D eigenvalue weighted by Gasteiger charge is 2.23. The number of methoxy groups -OCH3 is 4. The number of hydrogen-bond acceptors (Lipinski definition) is 23. The summed E-state index contributed by atoms with van der Waals surface area (Å²) in [5.74, 6) is -2.91. The Morgan fingerprint density at radius 2 is 0.759 bits per heavy atom. The van der Waals surface area contributed by atoms with Crippen molar-refractivity contribution in [2.24, 2.45) is 44.6 Å². The highest BCUT2D eigenvalue weighted by atomic mass is 35.5. The number of ether oxygens (including phenoxy) is 10. The number of guanidine groups is 2. The predicted octanol–water partition coefficient (Wildman–Crippen LogP) is 7.66. The molecule has 0 aliphatic carbocycles. The van der Waals surface area contributed by atoms with Crippen LogP contribution in [0.1, 0.15) is 109 Å². The van der Waals surface area contributed by atoms with Gasteiger partial charge in [0, 0.05) is 60.2 Å². The predicted molar refractivity (Wildman–Crippen MR) is 417 cm³/mol. The van der Waals surface area contributed by atoms with Crippen LogP contribution in [0.25, 0.3) is 0 Å². The number of carboxylic acids is 1. The van der Waals surface area contributed by atoms with Gasteiger partial charge in [-0.15, -0.1) is 37.2 Å². The normalized spacial score (nSPS) is 10.5. The largest absolute Gasteiger partial charge is 0.478 e. The Bertz CT molecular complexity index is 3100. The number of carbonyl (C=O) groups excluding carboxylic acids is 7. The van der Waals surface area contributed by atoms with Gasteiger partial charge in [-0.2, -0.15) is 0 Å². The minimum atomic E-state index is -0.976. The van der Waals surface area contributed by atoms with Gasteiger partial charge in [-0.3, -0.25) is 14.4 Å². The minimum absolute atomic E-state index is 0. The molecule has 0 saturated carbocycles. The van der Waals surface area contributed by atoms with E-state index in [1.165, 1.54) is 38.5 Å². The lowest BCUT2D eigenvalue weighted by Gasteiger charge is -2.18. The number of esters is 3. The first-order valence-corrected chi connectivity index (χ1v) is 33.8. The Labute approximate surface area is 650 Å². The molecule has 0 saturated heterocycles. The van der Waals surface area contributed by atoms with E-state index in [0.717, 1.165) is 36.0 Å². The van der Waals surface area contributed by atoms with E-state index in [2.05, 4.69) is 36.0 Å².